The van der Waals surface area contributed by atoms with Crippen LogP contribution in [0.2, 0.25) is 0 Å². The maximum absolute atomic E-state index is 13.4. The molecule has 1 aliphatic heterocycles. The minimum atomic E-state index is -4.11. The Morgan fingerprint density at radius 1 is 1.08 bits per heavy atom. The van der Waals surface area contributed by atoms with E-state index in [4.69, 9.17) is 9.47 Å². The second-order valence-electron chi connectivity index (χ2n) is 14.5. The zero-order valence-corrected chi connectivity index (χ0v) is 31.1. The Kier molecular flexibility index (Phi) is 11.6. The summed E-state index contributed by atoms with van der Waals surface area (Å²) in [5.41, 5.74) is 3.44. The molecule has 1 aliphatic carbocycles. The van der Waals surface area contributed by atoms with Gasteiger partial charge in [0.1, 0.15) is 12.9 Å². The highest BCUT2D eigenvalue weighted by atomic mass is 32.2. The highest BCUT2D eigenvalue weighted by Gasteiger charge is 2.42. The number of aryl methyl sites for hydroxylation is 2. The lowest BCUT2D eigenvalue weighted by Crippen LogP contribution is -2.55. The number of sulfonamides is 1. The van der Waals surface area contributed by atoms with Crippen molar-refractivity contribution in [1.29, 1.82) is 0 Å². The van der Waals surface area contributed by atoms with Crippen LogP contribution in [0.5, 0.6) is 5.88 Å². The van der Waals surface area contributed by atoms with Gasteiger partial charge in [-0.05, 0) is 89.1 Å². The zero-order chi connectivity index (χ0) is 36.2. The van der Waals surface area contributed by atoms with Crippen LogP contribution >= 0.6 is 0 Å². The second-order valence-corrected chi connectivity index (χ2v) is 16.2. The van der Waals surface area contributed by atoms with Gasteiger partial charge in [-0.1, -0.05) is 44.2 Å². The van der Waals surface area contributed by atoms with Crippen molar-refractivity contribution in [2.45, 2.75) is 89.3 Å². The van der Waals surface area contributed by atoms with Gasteiger partial charge in [0.25, 0.3) is 10.0 Å². The van der Waals surface area contributed by atoms with Crippen LogP contribution in [-0.4, -0.2) is 91.9 Å². The number of ether oxygens (including phenoxy) is 2. The molecule has 1 atom stereocenters. The first-order chi connectivity index (χ1) is 23.7. The number of amides is 1. The molecule has 0 spiro atoms. The number of benzene rings is 2. The highest BCUT2D eigenvalue weighted by molar-refractivity contribution is 7.92. The molecular weight excluding hydrogens is 655 g/mol. The highest BCUT2D eigenvalue weighted by Crippen LogP contribution is 2.36. The van der Waals surface area contributed by atoms with Crippen LogP contribution in [0.4, 0.5) is 5.95 Å². The van der Waals surface area contributed by atoms with E-state index in [9.17, 15) is 18.0 Å². The predicted octanol–water partition coefficient (Wildman–Crippen LogP) is 5.91. The number of carbonyl (C=O) groups excluding carboxylic acids is 2. The summed E-state index contributed by atoms with van der Waals surface area (Å²) in [5.74, 6) is 0.784. The van der Waals surface area contributed by atoms with Crippen molar-refractivity contribution in [2.75, 3.05) is 38.6 Å². The van der Waals surface area contributed by atoms with E-state index in [2.05, 4.69) is 47.4 Å². The number of rotatable bonds is 14. The summed E-state index contributed by atoms with van der Waals surface area (Å²) in [4.78, 5) is 38.0. The lowest BCUT2D eigenvalue weighted by molar-refractivity contribution is -0.145. The van der Waals surface area contributed by atoms with Crippen molar-refractivity contribution < 1.29 is 27.5 Å². The molecule has 12 heteroatoms. The van der Waals surface area contributed by atoms with Crippen LogP contribution in [0.25, 0.3) is 11.3 Å². The van der Waals surface area contributed by atoms with Gasteiger partial charge in [-0.25, -0.2) is 18.1 Å². The Morgan fingerprint density at radius 2 is 1.74 bits per heavy atom. The van der Waals surface area contributed by atoms with E-state index < -0.39 is 10.0 Å². The van der Waals surface area contributed by atoms with E-state index in [1.807, 2.05) is 36.9 Å². The third kappa shape index (κ3) is 8.70. The molecule has 11 nitrogen and oxygen atoms in total. The predicted molar refractivity (Wildman–Crippen MR) is 194 cm³/mol. The second kappa shape index (κ2) is 15.6. The van der Waals surface area contributed by atoms with Gasteiger partial charge in [0, 0.05) is 55.4 Å². The van der Waals surface area contributed by atoms with Crippen LogP contribution in [0.1, 0.15) is 74.4 Å². The Labute approximate surface area is 296 Å². The smallest absolute Gasteiger partial charge is 0.264 e. The van der Waals surface area contributed by atoms with Crippen LogP contribution in [0, 0.1) is 25.7 Å². The van der Waals surface area contributed by atoms with Gasteiger partial charge >= 0.3 is 0 Å². The molecule has 3 aromatic rings. The molecule has 0 radical (unpaired) electrons. The van der Waals surface area contributed by atoms with Gasteiger partial charge in [0.15, 0.2) is 0 Å². The van der Waals surface area contributed by atoms with Crippen LogP contribution in [0.3, 0.4) is 0 Å². The van der Waals surface area contributed by atoms with Crippen molar-refractivity contribution in [3.63, 3.8) is 0 Å². The summed E-state index contributed by atoms with van der Waals surface area (Å²) >= 11 is 0. The van der Waals surface area contributed by atoms with E-state index in [0.29, 0.717) is 24.5 Å². The number of piperidine rings is 1. The summed E-state index contributed by atoms with van der Waals surface area (Å²) < 4.78 is 41.3. The van der Waals surface area contributed by atoms with Crippen LogP contribution in [-0.2, 0) is 19.6 Å². The number of hydrogen-bond donors (Lipinski definition) is 1. The van der Waals surface area contributed by atoms with E-state index >= 15 is 0 Å². The molecule has 1 saturated carbocycles. The van der Waals surface area contributed by atoms with Crippen molar-refractivity contribution in [3.8, 4) is 17.1 Å². The van der Waals surface area contributed by atoms with Crippen molar-refractivity contribution in [1.82, 2.24) is 19.8 Å². The van der Waals surface area contributed by atoms with E-state index in [1.54, 1.807) is 13.2 Å². The lowest BCUT2D eigenvalue weighted by Gasteiger charge is -2.46. The monoisotopic (exact) mass is 705 g/mol. The number of aldehydes is 1. The summed E-state index contributed by atoms with van der Waals surface area (Å²) in [6.07, 6.45) is 4.79. The molecule has 0 bridgehead atoms. The standard InChI is InChI=1S/C38H51N5O6S/c1-25(2)18-31(42(6)30-20-29(21-30)36(45)43-16-14-38(5,48-7)15-17-43)24-49-34-22-33(35-26(3)10-8-11-27(35)4)39-37(40-34)41-50(46,47)32-13-9-12-28(19-32)23-44/h8-13,19,22-23,25,29-31H,14-18,20-21,24H2,1-7H3,(H,39,40,41)/t29?,30?,31-/m1/s1. The molecule has 2 aliphatic rings. The first-order valence-corrected chi connectivity index (χ1v) is 18.9. The summed E-state index contributed by atoms with van der Waals surface area (Å²) in [6, 6.07) is 13.7. The third-order valence-corrected chi connectivity index (χ3v) is 11.7. The molecule has 2 heterocycles. The summed E-state index contributed by atoms with van der Waals surface area (Å²) in [6.45, 7) is 12.2. The fourth-order valence-electron chi connectivity index (χ4n) is 6.99. The molecule has 5 rings (SSSR count). The van der Waals surface area contributed by atoms with E-state index in [-0.39, 0.29) is 51.8 Å². The minimum absolute atomic E-state index is 0.0274. The molecule has 1 N–H and O–H groups in total. The Morgan fingerprint density at radius 3 is 2.36 bits per heavy atom. The number of carbonyl (C=O) groups is 2. The third-order valence-electron chi connectivity index (χ3n) is 10.4. The molecule has 1 aromatic heterocycles. The van der Waals surface area contributed by atoms with Crippen LogP contribution in [0.15, 0.2) is 53.4 Å². The molecule has 2 aromatic carbocycles. The van der Waals surface area contributed by atoms with Crippen molar-refractivity contribution >= 4 is 28.2 Å². The first kappa shape index (κ1) is 37.4. The normalized spacial score (nSPS) is 19.6. The number of anilines is 1. The van der Waals surface area contributed by atoms with Crippen LogP contribution < -0.4 is 9.46 Å². The SMILES string of the molecule is COC1(C)CCN(C(=O)C2CC(N(C)[C@@H](COc3cc(-c4c(C)cccc4C)nc(NS(=O)(=O)c4cccc(C=O)c4)n3)CC(C)C)C2)CC1. The molecular formula is C38H51N5O6S. The molecule has 1 saturated heterocycles. The van der Waals surface area contributed by atoms with E-state index in [0.717, 1.165) is 61.9 Å². The number of hydrogen-bond acceptors (Lipinski definition) is 9. The quantitative estimate of drug-likeness (QED) is 0.204. The Hall–Kier alpha value is -3.87. The topological polar surface area (TPSA) is 131 Å². The number of methoxy groups -OCH3 is 1. The number of likely N-dealkylation sites (N-methyl/N-ethyl adjacent to an activating group) is 1. The van der Waals surface area contributed by atoms with Crippen molar-refractivity contribution in [3.05, 3.63) is 65.2 Å². The van der Waals surface area contributed by atoms with Gasteiger partial charge in [-0.3, -0.25) is 14.5 Å². The Bertz CT molecular complexity index is 1760. The average Bonchev–Trinajstić information content (AvgIpc) is 3.05. The number of nitrogens with one attached hydrogen (secondary N) is 1. The van der Waals surface area contributed by atoms with Gasteiger partial charge in [-0.15, -0.1) is 0 Å². The number of aromatic nitrogens is 2. The zero-order valence-electron chi connectivity index (χ0n) is 30.3. The fraction of sp³-hybridized carbons (Fsp3) is 0.526. The average molecular weight is 706 g/mol. The lowest BCUT2D eigenvalue weighted by atomic mass is 9.77. The van der Waals surface area contributed by atoms with Gasteiger partial charge in [0.05, 0.1) is 16.2 Å². The maximum Gasteiger partial charge on any atom is 0.264 e. The number of likely N-dealkylation sites (tertiary alicyclic amines) is 1. The molecule has 50 heavy (non-hydrogen) atoms. The molecule has 2 fully saturated rings. The van der Waals surface area contributed by atoms with Gasteiger partial charge in [-0.2, -0.15) is 4.98 Å². The summed E-state index contributed by atoms with van der Waals surface area (Å²) in [5, 5.41) is 0. The molecule has 1 amide bonds. The first-order valence-electron chi connectivity index (χ1n) is 17.4. The van der Waals surface area contributed by atoms with Gasteiger partial charge in [0.2, 0.25) is 17.7 Å². The molecule has 0 unspecified atom stereocenters. The number of nitrogens with zero attached hydrogens (tertiary/aromatic N) is 4. The maximum atomic E-state index is 13.4. The fourth-order valence-corrected chi connectivity index (χ4v) is 7.98. The van der Waals surface area contributed by atoms with Crippen molar-refractivity contribution in [2.24, 2.45) is 11.8 Å². The largest absolute Gasteiger partial charge is 0.476 e. The minimum Gasteiger partial charge on any atom is -0.476 e. The Balaban J connectivity index is 1.33. The van der Waals surface area contributed by atoms with E-state index in [1.165, 1.54) is 24.3 Å². The summed E-state index contributed by atoms with van der Waals surface area (Å²) in [7, 11) is -0.269. The van der Waals surface area contributed by atoms with Gasteiger partial charge < -0.3 is 14.4 Å². The molecule has 270 valence electrons.